The number of phenols is 2. The number of hydrogen-bond donors (Lipinski definition) is 3. The molecule has 0 radical (unpaired) electrons. The average Bonchev–Trinajstić information content (AvgIpc) is 2.41. The summed E-state index contributed by atoms with van der Waals surface area (Å²) in [5.41, 5.74) is 5.89. The van der Waals surface area contributed by atoms with Crippen molar-refractivity contribution < 1.29 is 19.7 Å². The van der Waals surface area contributed by atoms with Crippen LogP contribution in [0.2, 0.25) is 0 Å². The Morgan fingerprint density at radius 2 is 1.53 bits per heavy atom. The van der Waals surface area contributed by atoms with Crippen LogP contribution in [0, 0.1) is 0 Å². The Bertz CT molecular complexity index is 471. The molecule has 102 valence electrons. The minimum atomic E-state index is 0.213. The second-order valence-electron chi connectivity index (χ2n) is 3.30. The summed E-state index contributed by atoms with van der Waals surface area (Å²) >= 11 is 0. The highest BCUT2D eigenvalue weighted by Crippen LogP contribution is 2.16. The summed E-state index contributed by atoms with van der Waals surface area (Å²) in [5.74, 6) is 1.12. The van der Waals surface area contributed by atoms with E-state index in [-0.39, 0.29) is 11.5 Å². The minimum Gasteiger partial charge on any atom is -0.508 e. The maximum atomic E-state index is 8.86. The summed E-state index contributed by atoms with van der Waals surface area (Å²) in [6.45, 7) is 2.00. The molecule has 0 aromatic heterocycles. The highest BCUT2D eigenvalue weighted by atomic mass is 16.5. The average molecular weight is 263 g/mol. The summed E-state index contributed by atoms with van der Waals surface area (Å²) in [4.78, 5) is 8.00. The summed E-state index contributed by atoms with van der Waals surface area (Å²) in [6, 6.07) is 13.2. The maximum Gasteiger partial charge on any atom is 0.122 e. The van der Waals surface area contributed by atoms with Gasteiger partial charge in [0.15, 0.2) is 0 Å². The van der Waals surface area contributed by atoms with Gasteiger partial charge in [-0.25, -0.2) is 0 Å². The molecule has 5 heteroatoms. The van der Waals surface area contributed by atoms with Crippen LogP contribution in [0.1, 0.15) is 0 Å². The molecule has 2 aromatic rings. The van der Waals surface area contributed by atoms with Crippen molar-refractivity contribution in [1.82, 2.24) is 0 Å². The number of carbonyl (C=O) groups is 1. The van der Waals surface area contributed by atoms with Gasteiger partial charge in [-0.1, -0.05) is 12.1 Å². The monoisotopic (exact) mass is 263 g/mol. The van der Waals surface area contributed by atoms with Crippen LogP contribution < -0.4 is 10.5 Å². The number of anilines is 1. The smallest absolute Gasteiger partial charge is 0.122 e. The van der Waals surface area contributed by atoms with E-state index < -0.39 is 0 Å². The van der Waals surface area contributed by atoms with Gasteiger partial charge < -0.3 is 25.5 Å². The molecule has 0 atom stereocenters. The molecule has 0 aliphatic rings. The molecule has 0 aliphatic heterocycles. The Hall–Kier alpha value is -2.69. The largest absolute Gasteiger partial charge is 0.508 e. The number of aromatic hydroxyl groups is 2. The topological polar surface area (TPSA) is 92.8 Å². The van der Waals surface area contributed by atoms with Crippen LogP contribution in [-0.4, -0.2) is 24.1 Å². The standard InChI is InChI=1S/C7H8O2.C6H7NO.CH2O/c1-9-7-4-2-3-6(8)5-7;7-5-2-1-3-6(8)4-5;1-2/h2-5,8H,1H3;1-4,8H,7H2;1H2. The summed E-state index contributed by atoms with van der Waals surface area (Å²) in [6.07, 6.45) is 0. The van der Waals surface area contributed by atoms with Gasteiger partial charge in [0.05, 0.1) is 7.11 Å². The van der Waals surface area contributed by atoms with Crippen molar-refractivity contribution in [3.05, 3.63) is 48.5 Å². The highest BCUT2D eigenvalue weighted by Gasteiger charge is 1.88. The van der Waals surface area contributed by atoms with Gasteiger partial charge in [0.2, 0.25) is 0 Å². The molecule has 0 fully saturated rings. The van der Waals surface area contributed by atoms with Gasteiger partial charge in [-0.3, -0.25) is 0 Å². The third kappa shape index (κ3) is 7.27. The third-order valence-corrected chi connectivity index (χ3v) is 1.92. The number of rotatable bonds is 1. The van der Waals surface area contributed by atoms with E-state index >= 15 is 0 Å². The fraction of sp³-hybridized carbons (Fsp3) is 0.0714. The summed E-state index contributed by atoms with van der Waals surface area (Å²) in [7, 11) is 1.56. The van der Waals surface area contributed by atoms with Gasteiger partial charge >= 0.3 is 0 Å². The van der Waals surface area contributed by atoms with Crippen molar-refractivity contribution in [2.24, 2.45) is 0 Å². The number of ether oxygens (including phenoxy) is 1. The molecule has 5 nitrogen and oxygen atoms in total. The molecule has 0 amide bonds. The van der Waals surface area contributed by atoms with E-state index in [1.807, 2.05) is 6.79 Å². The van der Waals surface area contributed by atoms with Crippen molar-refractivity contribution in [3.8, 4) is 17.2 Å². The predicted octanol–water partition coefficient (Wildman–Crippen LogP) is 2.19. The van der Waals surface area contributed by atoms with Crippen molar-refractivity contribution in [3.63, 3.8) is 0 Å². The molecule has 0 spiro atoms. The highest BCUT2D eigenvalue weighted by molar-refractivity contribution is 5.42. The van der Waals surface area contributed by atoms with E-state index in [1.165, 1.54) is 6.07 Å². The fourth-order valence-corrected chi connectivity index (χ4v) is 1.14. The first kappa shape index (κ1) is 16.3. The lowest BCUT2D eigenvalue weighted by molar-refractivity contribution is -0.0979. The molecule has 0 unspecified atom stereocenters. The van der Waals surface area contributed by atoms with Crippen molar-refractivity contribution >= 4 is 12.5 Å². The van der Waals surface area contributed by atoms with Gasteiger partial charge in [0.25, 0.3) is 0 Å². The quantitative estimate of drug-likeness (QED) is 0.686. The van der Waals surface area contributed by atoms with Gasteiger partial charge in [-0.15, -0.1) is 0 Å². The lowest BCUT2D eigenvalue weighted by Gasteiger charge is -1.97. The maximum absolute atomic E-state index is 8.86. The predicted molar refractivity (Wildman–Crippen MR) is 74.3 cm³/mol. The van der Waals surface area contributed by atoms with Gasteiger partial charge in [0.1, 0.15) is 24.0 Å². The van der Waals surface area contributed by atoms with Gasteiger partial charge in [-0.05, 0) is 24.3 Å². The molecule has 4 N–H and O–H groups in total. The zero-order chi connectivity index (χ0) is 14.7. The summed E-state index contributed by atoms with van der Waals surface area (Å²) in [5, 5.41) is 17.6. The molecule has 0 bridgehead atoms. The van der Waals surface area contributed by atoms with Crippen LogP contribution in [0.15, 0.2) is 48.5 Å². The first-order valence-corrected chi connectivity index (χ1v) is 5.28. The first-order valence-electron chi connectivity index (χ1n) is 5.28. The van der Waals surface area contributed by atoms with Crippen LogP contribution in [0.25, 0.3) is 0 Å². The molecular formula is C14H17NO4. The lowest BCUT2D eigenvalue weighted by atomic mass is 10.3. The van der Waals surface area contributed by atoms with E-state index in [1.54, 1.807) is 49.6 Å². The third-order valence-electron chi connectivity index (χ3n) is 1.92. The molecule has 0 heterocycles. The Morgan fingerprint density at radius 1 is 1.00 bits per heavy atom. The van der Waals surface area contributed by atoms with Crippen LogP contribution >= 0.6 is 0 Å². The van der Waals surface area contributed by atoms with E-state index in [0.717, 1.165) is 0 Å². The molecule has 0 saturated heterocycles. The molecule has 2 aromatic carbocycles. The van der Waals surface area contributed by atoms with E-state index in [4.69, 9.17) is 25.5 Å². The van der Waals surface area contributed by atoms with Crippen molar-refractivity contribution in [2.45, 2.75) is 0 Å². The number of benzene rings is 2. The second kappa shape index (κ2) is 9.35. The lowest BCUT2D eigenvalue weighted by Crippen LogP contribution is -1.80. The number of phenolic OH excluding ortho intramolecular Hbond substituents is 2. The fourth-order valence-electron chi connectivity index (χ4n) is 1.14. The van der Waals surface area contributed by atoms with Gasteiger partial charge in [-0.2, -0.15) is 0 Å². The van der Waals surface area contributed by atoms with Crippen molar-refractivity contribution in [1.29, 1.82) is 0 Å². The zero-order valence-corrected chi connectivity index (χ0v) is 10.6. The number of carbonyl (C=O) groups excluding carboxylic acids is 1. The Morgan fingerprint density at radius 3 is 1.84 bits per heavy atom. The summed E-state index contributed by atoms with van der Waals surface area (Å²) < 4.78 is 4.84. The van der Waals surface area contributed by atoms with E-state index in [2.05, 4.69) is 0 Å². The van der Waals surface area contributed by atoms with Crippen LogP contribution in [0.4, 0.5) is 5.69 Å². The Labute approximate surface area is 111 Å². The molecule has 0 aliphatic carbocycles. The normalized spacial score (nSPS) is 8.26. The first-order chi connectivity index (χ1) is 9.11. The minimum absolute atomic E-state index is 0.213. The van der Waals surface area contributed by atoms with Gasteiger partial charge in [0, 0.05) is 17.8 Å². The van der Waals surface area contributed by atoms with E-state index in [9.17, 15) is 0 Å². The molecule has 19 heavy (non-hydrogen) atoms. The number of nitrogen functional groups attached to an aromatic ring is 1. The molecule has 2 rings (SSSR count). The number of methoxy groups -OCH3 is 1. The van der Waals surface area contributed by atoms with E-state index in [0.29, 0.717) is 11.4 Å². The zero-order valence-electron chi connectivity index (χ0n) is 10.6. The number of hydrogen-bond acceptors (Lipinski definition) is 5. The van der Waals surface area contributed by atoms with Crippen molar-refractivity contribution in [2.75, 3.05) is 12.8 Å². The molecule has 0 saturated carbocycles. The van der Waals surface area contributed by atoms with Crippen LogP contribution in [0.5, 0.6) is 17.2 Å². The Kier molecular flexibility index (Phi) is 8.03. The molecular weight excluding hydrogens is 246 g/mol. The number of nitrogens with two attached hydrogens (primary N) is 1. The second-order valence-corrected chi connectivity index (χ2v) is 3.30. The SMILES string of the molecule is C=O.COc1cccc(O)c1.Nc1cccc(O)c1. The Balaban J connectivity index is 0.000000303. The van der Waals surface area contributed by atoms with Crippen LogP contribution in [0.3, 0.4) is 0 Å². The van der Waals surface area contributed by atoms with Crippen LogP contribution in [-0.2, 0) is 4.79 Å².